The van der Waals surface area contributed by atoms with Gasteiger partial charge in [0.15, 0.2) is 0 Å². The molecule has 0 atom stereocenters. The monoisotopic (exact) mass is 284 g/mol. The summed E-state index contributed by atoms with van der Waals surface area (Å²) in [4.78, 5) is 6.35. The Balaban J connectivity index is 1.44. The fraction of sp³-hybridized carbons (Fsp3) is 0.471. The van der Waals surface area contributed by atoms with E-state index in [0.717, 1.165) is 19.0 Å². The number of nitrogens with zero attached hydrogens (tertiary/aromatic N) is 1. The van der Waals surface area contributed by atoms with Crippen molar-refractivity contribution in [3.8, 4) is 0 Å². The second-order valence-electron chi connectivity index (χ2n) is 5.98. The van der Waals surface area contributed by atoms with E-state index in [0.29, 0.717) is 5.92 Å². The van der Waals surface area contributed by atoms with Gasteiger partial charge in [-0.1, -0.05) is 30.3 Å². The number of rotatable bonds is 2. The van der Waals surface area contributed by atoms with E-state index in [9.17, 15) is 0 Å². The van der Waals surface area contributed by atoms with Gasteiger partial charge in [0.25, 0.3) is 0 Å². The van der Waals surface area contributed by atoms with Crippen molar-refractivity contribution in [1.82, 2.24) is 10.3 Å². The highest BCUT2D eigenvalue weighted by Crippen LogP contribution is 2.42. The third-order valence-electron chi connectivity index (χ3n) is 4.72. The largest absolute Gasteiger partial charge is 0.306 e. The van der Waals surface area contributed by atoms with Crippen LogP contribution in [0.5, 0.6) is 0 Å². The van der Waals surface area contributed by atoms with E-state index in [-0.39, 0.29) is 0 Å². The van der Waals surface area contributed by atoms with Crippen molar-refractivity contribution in [3.63, 3.8) is 0 Å². The molecule has 0 spiro atoms. The SMILES string of the molecule is c1ccc(C2CCC(c3nc4c(s3)CNC4)CC2)cc1. The third kappa shape index (κ3) is 2.29. The number of hydrogen-bond acceptors (Lipinski definition) is 3. The van der Waals surface area contributed by atoms with E-state index in [1.165, 1.54) is 46.8 Å². The normalized spacial score (nSPS) is 25.6. The maximum absolute atomic E-state index is 4.87. The Labute approximate surface area is 124 Å². The second-order valence-corrected chi connectivity index (χ2v) is 7.10. The minimum atomic E-state index is 0.713. The van der Waals surface area contributed by atoms with E-state index in [1.54, 1.807) is 0 Å². The summed E-state index contributed by atoms with van der Waals surface area (Å²) in [5.41, 5.74) is 2.84. The Morgan fingerprint density at radius 3 is 2.45 bits per heavy atom. The minimum absolute atomic E-state index is 0.713. The zero-order valence-corrected chi connectivity index (χ0v) is 12.5. The van der Waals surface area contributed by atoms with Gasteiger partial charge >= 0.3 is 0 Å². The predicted octanol–water partition coefficient (Wildman–Crippen LogP) is 4.19. The fourth-order valence-electron chi connectivity index (χ4n) is 3.55. The summed E-state index contributed by atoms with van der Waals surface area (Å²) in [7, 11) is 0. The minimum Gasteiger partial charge on any atom is -0.306 e. The highest BCUT2D eigenvalue weighted by atomic mass is 32.1. The molecule has 1 N–H and O–H groups in total. The fourth-order valence-corrected chi connectivity index (χ4v) is 4.77. The van der Waals surface area contributed by atoms with Crippen LogP contribution in [0.2, 0.25) is 0 Å². The Morgan fingerprint density at radius 2 is 1.70 bits per heavy atom. The zero-order chi connectivity index (χ0) is 13.4. The molecule has 2 aromatic rings. The van der Waals surface area contributed by atoms with Crippen LogP contribution in [0.4, 0.5) is 0 Å². The lowest BCUT2D eigenvalue weighted by molar-refractivity contribution is 0.395. The van der Waals surface area contributed by atoms with E-state index >= 15 is 0 Å². The summed E-state index contributed by atoms with van der Waals surface area (Å²) in [5.74, 6) is 1.48. The van der Waals surface area contributed by atoms with Gasteiger partial charge in [-0.15, -0.1) is 11.3 Å². The highest BCUT2D eigenvalue weighted by molar-refractivity contribution is 7.11. The molecule has 0 unspecified atom stereocenters. The molecule has 2 aliphatic rings. The van der Waals surface area contributed by atoms with Crippen molar-refractivity contribution in [2.24, 2.45) is 0 Å². The molecule has 0 amide bonds. The van der Waals surface area contributed by atoms with Crippen LogP contribution in [-0.4, -0.2) is 4.98 Å². The molecule has 2 heterocycles. The lowest BCUT2D eigenvalue weighted by Crippen LogP contribution is -2.12. The highest BCUT2D eigenvalue weighted by Gasteiger charge is 2.27. The Morgan fingerprint density at radius 1 is 0.950 bits per heavy atom. The summed E-state index contributed by atoms with van der Waals surface area (Å²) in [6.07, 6.45) is 5.24. The van der Waals surface area contributed by atoms with Crippen LogP contribution in [0.1, 0.15) is 58.7 Å². The number of hydrogen-bond donors (Lipinski definition) is 1. The van der Waals surface area contributed by atoms with Crippen LogP contribution in [-0.2, 0) is 13.1 Å². The molecule has 1 aliphatic carbocycles. The topological polar surface area (TPSA) is 24.9 Å². The van der Waals surface area contributed by atoms with E-state index < -0.39 is 0 Å². The molecule has 4 rings (SSSR count). The van der Waals surface area contributed by atoms with Gasteiger partial charge in [-0.3, -0.25) is 0 Å². The standard InChI is InChI=1S/C17H20N2S/c1-2-4-12(5-3-1)13-6-8-14(9-7-13)17-19-15-10-18-11-16(15)20-17/h1-5,13-14,18H,6-11H2. The summed E-state index contributed by atoms with van der Waals surface area (Å²) in [6.45, 7) is 2.01. The quantitative estimate of drug-likeness (QED) is 0.894. The van der Waals surface area contributed by atoms with Crippen molar-refractivity contribution in [2.75, 3.05) is 0 Å². The second kappa shape index (κ2) is 5.30. The average molecular weight is 284 g/mol. The molecule has 0 radical (unpaired) electrons. The van der Waals surface area contributed by atoms with Crippen LogP contribution >= 0.6 is 11.3 Å². The van der Waals surface area contributed by atoms with Crippen molar-refractivity contribution in [1.29, 1.82) is 0 Å². The Kier molecular flexibility index (Phi) is 3.32. The van der Waals surface area contributed by atoms with Crippen molar-refractivity contribution >= 4 is 11.3 Å². The van der Waals surface area contributed by atoms with E-state index in [4.69, 9.17) is 4.98 Å². The first-order valence-electron chi connectivity index (χ1n) is 7.64. The van der Waals surface area contributed by atoms with Gasteiger partial charge in [0, 0.05) is 23.9 Å². The van der Waals surface area contributed by atoms with Gasteiger partial charge in [-0.05, 0) is 37.2 Å². The smallest absolute Gasteiger partial charge is 0.0963 e. The Bertz CT molecular complexity index is 561. The molecule has 2 nitrogen and oxygen atoms in total. The van der Waals surface area contributed by atoms with Crippen LogP contribution in [0.15, 0.2) is 30.3 Å². The molecule has 1 aromatic heterocycles. The maximum atomic E-state index is 4.87. The number of nitrogens with one attached hydrogen (secondary N) is 1. The average Bonchev–Trinajstić information content (AvgIpc) is 3.10. The van der Waals surface area contributed by atoms with Crippen LogP contribution < -0.4 is 5.32 Å². The van der Waals surface area contributed by atoms with Gasteiger partial charge in [0.05, 0.1) is 10.7 Å². The first kappa shape index (κ1) is 12.5. The van der Waals surface area contributed by atoms with Crippen molar-refractivity contribution in [2.45, 2.75) is 50.6 Å². The maximum Gasteiger partial charge on any atom is 0.0963 e. The number of thiazole rings is 1. The molecule has 1 fully saturated rings. The van der Waals surface area contributed by atoms with Crippen LogP contribution in [0, 0.1) is 0 Å². The number of fused-ring (bicyclic) bond motifs is 1. The van der Waals surface area contributed by atoms with E-state index in [1.807, 2.05) is 11.3 Å². The molecular weight excluding hydrogens is 264 g/mol. The molecule has 3 heteroatoms. The van der Waals surface area contributed by atoms with Gasteiger partial charge in [0.1, 0.15) is 0 Å². The summed E-state index contributed by atoms with van der Waals surface area (Å²) in [6, 6.07) is 11.0. The predicted molar refractivity (Wildman–Crippen MR) is 83.0 cm³/mol. The molecule has 1 aliphatic heterocycles. The third-order valence-corrected chi connectivity index (χ3v) is 5.98. The van der Waals surface area contributed by atoms with Gasteiger partial charge < -0.3 is 5.32 Å². The van der Waals surface area contributed by atoms with Gasteiger partial charge in [-0.25, -0.2) is 4.98 Å². The first-order chi connectivity index (χ1) is 9.90. The zero-order valence-electron chi connectivity index (χ0n) is 11.6. The molecule has 1 aromatic carbocycles. The lowest BCUT2D eigenvalue weighted by Gasteiger charge is -2.27. The summed E-state index contributed by atoms with van der Waals surface area (Å²) < 4.78 is 0. The summed E-state index contributed by atoms with van der Waals surface area (Å²) >= 11 is 1.95. The van der Waals surface area contributed by atoms with Crippen LogP contribution in [0.3, 0.4) is 0 Å². The molecule has 1 saturated carbocycles. The molecule has 0 saturated heterocycles. The van der Waals surface area contributed by atoms with Gasteiger partial charge in [0.2, 0.25) is 0 Å². The number of benzene rings is 1. The van der Waals surface area contributed by atoms with Crippen molar-refractivity contribution < 1.29 is 0 Å². The Hall–Kier alpha value is -1.19. The first-order valence-corrected chi connectivity index (χ1v) is 8.46. The lowest BCUT2D eigenvalue weighted by atomic mass is 9.79. The van der Waals surface area contributed by atoms with Crippen molar-refractivity contribution in [3.05, 3.63) is 51.5 Å². The van der Waals surface area contributed by atoms with Crippen LogP contribution in [0.25, 0.3) is 0 Å². The molecule has 0 bridgehead atoms. The molecule has 20 heavy (non-hydrogen) atoms. The molecular formula is C17H20N2S. The number of aromatic nitrogens is 1. The molecule has 104 valence electrons. The van der Waals surface area contributed by atoms with Gasteiger partial charge in [-0.2, -0.15) is 0 Å². The van der Waals surface area contributed by atoms with E-state index in [2.05, 4.69) is 35.6 Å². The summed E-state index contributed by atoms with van der Waals surface area (Å²) in [5, 5.41) is 4.78.